The Morgan fingerprint density at radius 2 is 2.18 bits per heavy atom. The lowest BCUT2D eigenvalue weighted by atomic mass is 9.92. The highest BCUT2D eigenvalue weighted by Gasteiger charge is 2.24. The summed E-state index contributed by atoms with van der Waals surface area (Å²) in [6.45, 7) is 2.03. The van der Waals surface area contributed by atoms with Crippen LogP contribution in [0, 0.1) is 5.92 Å². The van der Waals surface area contributed by atoms with Gasteiger partial charge in [0, 0.05) is 30.7 Å². The van der Waals surface area contributed by atoms with E-state index in [0.29, 0.717) is 22.4 Å². The number of rotatable bonds is 6. The zero-order chi connectivity index (χ0) is 19.5. The molecule has 1 saturated heterocycles. The second-order valence-electron chi connectivity index (χ2n) is 7.11. The standard InChI is InChI=1S/C20H21Cl2N5O/c21-14-3-4-18(17(22)9-14)24-10-15(28)8-13-2-1-7-27(11-13)20-16-5-6-23-19(16)25-12-26-20/h3-6,9,12-13,24H,1-2,7-8,10-11H2,(H,23,25,26)/t13-/m0/s1. The number of Topliss-reactive ketones (excluding diaryl/α,β-unsaturated/α-hetero) is 1. The molecule has 0 bridgehead atoms. The molecule has 146 valence electrons. The topological polar surface area (TPSA) is 73.9 Å². The number of H-pyrrole nitrogens is 1. The van der Waals surface area contributed by atoms with Gasteiger partial charge in [0.1, 0.15) is 17.8 Å². The zero-order valence-electron chi connectivity index (χ0n) is 15.3. The minimum Gasteiger partial charge on any atom is -0.377 e. The van der Waals surface area contributed by atoms with Gasteiger partial charge >= 0.3 is 0 Å². The van der Waals surface area contributed by atoms with Crippen LogP contribution in [0.15, 0.2) is 36.8 Å². The number of hydrogen-bond donors (Lipinski definition) is 2. The average molecular weight is 418 g/mol. The molecule has 0 saturated carbocycles. The van der Waals surface area contributed by atoms with Gasteiger partial charge in [0.15, 0.2) is 5.78 Å². The summed E-state index contributed by atoms with van der Waals surface area (Å²) in [5.74, 6) is 1.43. The van der Waals surface area contributed by atoms with E-state index in [1.54, 1.807) is 24.5 Å². The van der Waals surface area contributed by atoms with Gasteiger partial charge in [-0.3, -0.25) is 4.79 Å². The molecular formula is C20H21Cl2N5O. The summed E-state index contributed by atoms with van der Waals surface area (Å²) in [4.78, 5) is 26.6. The number of ketones is 1. The summed E-state index contributed by atoms with van der Waals surface area (Å²) in [5.41, 5.74) is 1.56. The molecule has 0 aliphatic carbocycles. The summed E-state index contributed by atoms with van der Waals surface area (Å²) in [7, 11) is 0. The predicted octanol–water partition coefficient (Wildman–Crippen LogP) is 4.55. The molecule has 8 heteroatoms. The van der Waals surface area contributed by atoms with Gasteiger partial charge in [-0.25, -0.2) is 9.97 Å². The fraction of sp³-hybridized carbons (Fsp3) is 0.350. The summed E-state index contributed by atoms with van der Waals surface area (Å²) in [6.07, 6.45) is 6.09. The molecule has 0 unspecified atom stereocenters. The molecule has 28 heavy (non-hydrogen) atoms. The lowest BCUT2D eigenvalue weighted by Crippen LogP contribution is -2.37. The third-order valence-corrected chi connectivity index (χ3v) is 5.62. The van der Waals surface area contributed by atoms with Gasteiger partial charge in [0.25, 0.3) is 0 Å². The number of anilines is 2. The quantitative estimate of drug-likeness (QED) is 0.614. The fourth-order valence-electron chi connectivity index (χ4n) is 3.76. The first-order chi connectivity index (χ1) is 13.6. The molecule has 1 aliphatic rings. The maximum Gasteiger partial charge on any atom is 0.152 e. The van der Waals surface area contributed by atoms with Crippen molar-refractivity contribution in [1.82, 2.24) is 15.0 Å². The van der Waals surface area contributed by atoms with Crippen LogP contribution in [0.5, 0.6) is 0 Å². The van der Waals surface area contributed by atoms with Crippen LogP contribution in [-0.2, 0) is 4.79 Å². The predicted molar refractivity (Wildman–Crippen MR) is 113 cm³/mol. The van der Waals surface area contributed by atoms with E-state index in [4.69, 9.17) is 23.2 Å². The van der Waals surface area contributed by atoms with Gasteiger partial charge in [0.2, 0.25) is 0 Å². The number of carbonyl (C=O) groups excluding carboxylic acids is 1. The minimum atomic E-state index is 0.173. The second-order valence-corrected chi connectivity index (χ2v) is 7.96. The van der Waals surface area contributed by atoms with Gasteiger partial charge in [-0.2, -0.15) is 0 Å². The first-order valence-electron chi connectivity index (χ1n) is 9.34. The Kier molecular flexibility index (Phi) is 5.69. The number of halogens is 2. The smallest absolute Gasteiger partial charge is 0.152 e. The number of benzene rings is 1. The number of nitrogens with one attached hydrogen (secondary N) is 2. The highest BCUT2D eigenvalue weighted by atomic mass is 35.5. The van der Waals surface area contributed by atoms with Crippen molar-refractivity contribution < 1.29 is 4.79 Å². The molecule has 3 heterocycles. The molecule has 2 N–H and O–H groups in total. The Balaban J connectivity index is 1.36. The van der Waals surface area contributed by atoms with E-state index in [9.17, 15) is 4.79 Å². The van der Waals surface area contributed by atoms with Gasteiger partial charge in [-0.15, -0.1) is 0 Å². The molecule has 1 fully saturated rings. The Hall–Kier alpha value is -2.31. The molecule has 1 atom stereocenters. The Morgan fingerprint density at radius 3 is 3.04 bits per heavy atom. The van der Waals surface area contributed by atoms with Gasteiger partial charge < -0.3 is 15.2 Å². The van der Waals surface area contributed by atoms with Crippen molar-refractivity contribution in [2.75, 3.05) is 29.9 Å². The number of fused-ring (bicyclic) bond motifs is 1. The monoisotopic (exact) mass is 417 g/mol. The Labute approximate surface area is 173 Å². The summed E-state index contributed by atoms with van der Waals surface area (Å²) >= 11 is 12.1. The summed E-state index contributed by atoms with van der Waals surface area (Å²) in [5, 5.41) is 5.23. The van der Waals surface area contributed by atoms with Crippen molar-refractivity contribution >= 4 is 51.5 Å². The molecule has 1 aliphatic heterocycles. The Morgan fingerprint density at radius 1 is 1.29 bits per heavy atom. The molecule has 6 nitrogen and oxygen atoms in total. The molecule has 2 aromatic heterocycles. The highest BCUT2D eigenvalue weighted by molar-refractivity contribution is 6.36. The lowest BCUT2D eigenvalue weighted by molar-refractivity contribution is -0.118. The van der Waals surface area contributed by atoms with Crippen molar-refractivity contribution in [3.8, 4) is 0 Å². The lowest BCUT2D eigenvalue weighted by Gasteiger charge is -2.33. The second kappa shape index (κ2) is 8.37. The number of aromatic nitrogens is 3. The van der Waals surface area contributed by atoms with Crippen LogP contribution in [0.4, 0.5) is 11.5 Å². The van der Waals surface area contributed by atoms with Gasteiger partial charge in [-0.1, -0.05) is 23.2 Å². The molecule has 0 spiro atoms. The number of aromatic amines is 1. The number of hydrogen-bond acceptors (Lipinski definition) is 5. The normalized spacial score (nSPS) is 17.1. The molecule has 3 aromatic rings. The van der Waals surface area contributed by atoms with Crippen LogP contribution >= 0.6 is 23.2 Å². The Bertz CT molecular complexity index is 990. The highest BCUT2D eigenvalue weighted by Crippen LogP contribution is 2.29. The number of nitrogens with zero attached hydrogens (tertiary/aromatic N) is 3. The number of carbonyl (C=O) groups is 1. The maximum absolute atomic E-state index is 12.5. The van der Waals surface area contributed by atoms with E-state index < -0.39 is 0 Å². The van der Waals surface area contributed by atoms with Crippen molar-refractivity contribution in [2.24, 2.45) is 5.92 Å². The van der Waals surface area contributed by atoms with E-state index >= 15 is 0 Å². The third kappa shape index (κ3) is 4.23. The third-order valence-electron chi connectivity index (χ3n) is 5.07. The molecule has 4 rings (SSSR count). The number of piperidine rings is 1. The molecule has 0 amide bonds. The van der Waals surface area contributed by atoms with Crippen LogP contribution in [0.2, 0.25) is 10.0 Å². The SMILES string of the molecule is O=C(CNc1ccc(Cl)cc1Cl)C[C@@H]1CCCN(c2ncnc3[nH]ccc23)C1. The maximum atomic E-state index is 12.5. The summed E-state index contributed by atoms with van der Waals surface area (Å²) < 4.78 is 0. The van der Waals surface area contributed by atoms with Crippen molar-refractivity contribution in [3.05, 3.63) is 46.8 Å². The first kappa shape index (κ1) is 19.0. The van der Waals surface area contributed by atoms with Crippen molar-refractivity contribution in [3.63, 3.8) is 0 Å². The average Bonchev–Trinajstić information content (AvgIpc) is 3.16. The van der Waals surface area contributed by atoms with Crippen molar-refractivity contribution in [1.29, 1.82) is 0 Å². The minimum absolute atomic E-state index is 0.173. The fourth-order valence-corrected chi connectivity index (χ4v) is 4.23. The van der Waals surface area contributed by atoms with E-state index in [-0.39, 0.29) is 12.3 Å². The van der Waals surface area contributed by atoms with E-state index in [2.05, 4.69) is 25.2 Å². The van der Waals surface area contributed by atoms with Crippen LogP contribution in [0.1, 0.15) is 19.3 Å². The van der Waals surface area contributed by atoms with Gasteiger partial charge in [-0.05, 0) is 43.0 Å². The molecule has 1 aromatic carbocycles. The first-order valence-corrected chi connectivity index (χ1v) is 10.1. The summed E-state index contributed by atoms with van der Waals surface area (Å²) in [6, 6.07) is 7.21. The van der Waals surface area contributed by atoms with Crippen LogP contribution in [0.3, 0.4) is 0 Å². The van der Waals surface area contributed by atoms with Crippen LogP contribution < -0.4 is 10.2 Å². The largest absolute Gasteiger partial charge is 0.377 e. The zero-order valence-corrected chi connectivity index (χ0v) is 16.8. The molecule has 0 radical (unpaired) electrons. The van der Waals surface area contributed by atoms with E-state index in [0.717, 1.165) is 48.5 Å². The van der Waals surface area contributed by atoms with E-state index in [1.807, 2.05) is 12.3 Å². The van der Waals surface area contributed by atoms with Crippen molar-refractivity contribution in [2.45, 2.75) is 19.3 Å². The van der Waals surface area contributed by atoms with Crippen LogP contribution in [0.25, 0.3) is 11.0 Å². The van der Waals surface area contributed by atoms with E-state index in [1.165, 1.54) is 0 Å². The van der Waals surface area contributed by atoms with Gasteiger partial charge in [0.05, 0.1) is 22.6 Å². The van der Waals surface area contributed by atoms with Crippen LogP contribution in [-0.4, -0.2) is 40.4 Å². The molecular weight excluding hydrogens is 397 g/mol.